The lowest BCUT2D eigenvalue weighted by Crippen LogP contribution is -2.49. The highest BCUT2D eigenvalue weighted by atomic mass is 79.9. The highest BCUT2D eigenvalue weighted by molar-refractivity contribution is 9.10. The summed E-state index contributed by atoms with van der Waals surface area (Å²) in [6.07, 6.45) is 1.19. The number of pyridine rings is 1. The maximum atomic E-state index is 13.2. The summed E-state index contributed by atoms with van der Waals surface area (Å²) >= 11 is 3.37. The number of halogens is 1. The summed E-state index contributed by atoms with van der Waals surface area (Å²) in [5.74, 6) is 0.468. The highest BCUT2D eigenvalue weighted by Gasteiger charge is 2.35. The van der Waals surface area contributed by atoms with Crippen LogP contribution in [-0.2, 0) is 4.79 Å². The van der Waals surface area contributed by atoms with Gasteiger partial charge < -0.3 is 15.5 Å². The van der Waals surface area contributed by atoms with Crippen molar-refractivity contribution in [1.29, 1.82) is 0 Å². The normalized spacial score (nSPS) is 16.2. The average Bonchev–Trinajstić information content (AvgIpc) is 2.63. The quantitative estimate of drug-likeness (QED) is 0.728. The molecule has 2 amide bonds. The molecule has 1 aliphatic heterocycles. The fourth-order valence-electron chi connectivity index (χ4n) is 3.23. The van der Waals surface area contributed by atoms with Crippen LogP contribution >= 0.6 is 15.9 Å². The van der Waals surface area contributed by atoms with Gasteiger partial charge in [-0.25, -0.2) is 4.98 Å². The number of amides is 2. The molecule has 1 atom stereocenters. The Morgan fingerprint density at radius 2 is 2.04 bits per heavy atom. The van der Waals surface area contributed by atoms with Crippen LogP contribution in [0.15, 0.2) is 41.0 Å². The predicted octanol–water partition coefficient (Wildman–Crippen LogP) is 4.06. The van der Waals surface area contributed by atoms with Crippen molar-refractivity contribution in [3.05, 3.63) is 57.7 Å². The van der Waals surface area contributed by atoms with Crippen molar-refractivity contribution >= 4 is 33.6 Å². The molecule has 148 valence electrons. The van der Waals surface area contributed by atoms with E-state index >= 15 is 0 Å². The van der Waals surface area contributed by atoms with E-state index in [0.29, 0.717) is 21.8 Å². The van der Waals surface area contributed by atoms with Crippen LogP contribution in [0, 0.1) is 0 Å². The van der Waals surface area contributed by atoms with Crippen LogP contribution < -0.4 is 10.6 Å². The van der Waals surface area contributed by atoms with Crippen LogP contribution in [0.3, 0.4) is 0 Å². The molecule has 2 heterocycles. The molecule has 0 fully saturated rings. The minimum absolute atomic E-state index is 0.00571. The van der Waals surface area contributed by atoms with Crippen molar-refractivity contribution in [1.82, 2.24) is 15.2 Å². The molecular formula is C21H25BrN4O2. The molecule has 0 saturated heterocycles. The number of hydrogen-bond acceptors (Lipinski definition) is 4. The van der Waals surface area contributed by atoms with Gasteiger partial charge in [0.25, 0.3) is 5.91 Å². The molecule has 1 aliphatic rings. The smallest absolute Gasteiger partial charge is 0.260 e. The first-order valence-corrected chi connectivity index (χ1v) is 10.2. The molecule has 0 aliphatic carbocycles. The summed E-state index contributed by atoms with van der Waals surface area (Å²) in [6.45, 7) is 8.01. The fraction of sp³-hybridized carbons (Fsp3) is 0.381. The van der Waals surface area contributed by atoms with Crippen LogP contribution in [0.1, 0.15) is 61.3 Å². The third-order valence-electron chi connectivity index (χ3n) is 4.59. The zero-order valence-corrected chi connectivity index (χ0v) is 18.1. The number of aromatic nitrogens is 1. The van der Waals surface area contributed by atoms with E-state index in [1.165, 1.54) is 5.56 Å². The van der Waals surface area contributed by atoms with Gasteiger partial charge in [0.05, 0.1) is 5.56 Å². The first-order chi connectivity index (χ1) is 13.3. The van der Waals surface area contributed by atoms with Gasteiger partial charge in [0, 0.05) is 16.7 Å². The van der Waals surface area contributed by atoms with Gasteiger partial charge in [0.2, 0.25) is 5.91 Å². The molecule has 0 radical (unpaired) electrons. The number of carbonyl (C=O) groups is 2. The van der Waals surface area contributed by atoms with Crippen LogP contribution in [0.5, 0.6) is 0 Å². The van der Waals surface area contributed by atoms with Gasteiger partial charge in [-0.3, -0.25) is 9.59 Å². The zero-order chi connectivity index (χ0) is 20.4. The second kappa shape index (κ2) is 8.31. The molecule has 28 heavy (non-hydrogen) atoms. The van der Waals surface area contributed by atoms with Gasteiger partial charge in [0.1, 0.15) is 18.5 Å². The molecule has 2 aromatic rings. The predicted molar refractivity (Wildman–Crippen MR) is 113 cm³/mol. The van der Waals surface area contributed by atoms with Crippen LogP contribution in [0.4, 0.5) is 5.82 Å². The second-order valence-corrected chi connectivity index (χ2v) is 8.49. The Hall–Kier alpha value is -2.41. The van der Waals surface area contributed by atoms with Crippen LogP contribution in [0.25, 0.3) is 0 Å². The monoisotopic (exact) mass is 444 g/mol. The van der Waals surface area contributed by atoms with Gasteiger partial charge >= 0.3 is 0 Å². The Morgan fingerprint density at radius 3 is 2.71 bits per heavy atom. The van der Waals surface area contributed by atoms with Gasteiger partial charge in [-0.1, -0.05) is 38.1 Å². The molecule has 0 spiro atoms. The summed E-state index contributed by atoms with van der Waals surface area (Å²) in [5.41, 5.74) is 2.54. The number of nitrogens with one attached hydrogen (secondary N) is 2. The van der Waals surface area contributed by atoms with Gasteiger partial charge in [-0.15, -0.1) is 0 Å². The first kappa shape index (κ1) is 20.3. The molecule has 0 saturated carbocycles. The summed E-state index contributed by atoms with van der Waals surface area (Å²) < 4.78 is 0.716. The van der Waals surface area contributed by atoms with Crippen LogP contribution in [-0.4, -0.2) is 34.3 Å². The summed E-state index contributed by atoms with van der Waals surface area (Å²) in [5, 5.41) is 6.20. The maximum Gasteiger partial charge on any atom is 0.260 e. The largest absolute Gasteiger partial charge is 0.352 e. The van der Waals surface area contributed by atoms with E-state index in [-0.39, 0.29) is 24.4 Å². The molecule has 0 bridgehead atoms. The molecule has 6 nitrogen and oxygen atoms in total. The lowest BCUT2D eigenvalue weighted by atomic mass is 9.98. The molecule has 1 aromatic heterocycles. The summed E-state index contributed by atoms with van der Waals surface area (Å²) in [6, 6.07) is 9.82. The number of rotatable bonds is 5. The third kappa shape index (κ3) is 4.35. The van der Waals surface area contributed by atoms with Gasteiger partial charge in [0.15, 0.2) is 0 Å². The minimum Gasteiger partial charge on any atom is -0.352 e. The maximum absolute atomic E-state index is 13.2. The average molecular weight is 445 g/mol. The second-order valence-electron chi connectivity index (χ2n) is 7.58. The van der Waals surface area contributed by atoms with Crippen molar-refractivity contribution in [2.45, 2.75) is 45.8 Å². The molecular weight excluding hydrogens is 420 g/mol. The fourth-order valence-corrected chi connectivity index (χ4v) is 3.56. The Bertz CT molecular complexity index is 898. The topological polar surface area (TPSA) is 74.3 Å². The van der Waals surface area contributed by atoms with Crippen molar-refractivity contribution < 1.29 is 9.59 Å². The molecule has 7 heteroatoms. The van der Waals surface area contributed by atoms with E-state index in [2.05, 4.69) is 57.5 Å². The standard InChI is InChI=1S/C21H25BrN4O2/c1-12(2)14-6-5-7-15(8-14)20-25-19-17(9-16(22)10-23-19)21(28)26(20)11-18(27)24-13(3)4/h5-10,12-13,20H,11H2,1-4H3,(H,23,25)(H,24,27). The highest BCUT2D eigenvalue weighted by Crippen LogP contribution is 2.33. The SMILES string of the molecule is CC(C)NC(=O)CN1C(=O)c2cc(Br)cnc2NC1c1cccc(C(C)C)c1. The Labute approximate surface area is 173 Å². The van der Waals surface area contributed by atoms with Crippen molar-refractivity contribution in [2.75, 3.05) is 11.9 Å². The van der Waals surface area contributed by atoms with Gasteiger partial charge in [-0.2, -0.15) is 0 Å². The van der Waals surface area contributed by atoms with E-state index in [0.717, 1.165) is 5.56 Å². The van der Waals surface area contributed by atoms with Crippen molar-refractivity contribution in [2.24, 2.45) is 0 Å². The van der Waals surface area contributed by atoms with E-state index in [1.807, 2.05) is 26.0 Å². The van der Waals surface area contributed by atoms with Crippen molar-refractivity contribution in [3.63, 3.8) is 0 Å². The minimum atomic E-state index is -0.467. The van der Waals surface area contributed by atoms with Gasteiger partial charge in [-0.05, 0) is 52.9 Å². The van der Waals surface area contributed by atoms with E-state index in [9.17, 15) is 9.59 Å². The molecule has 2 N–H and O–H groups in total. The number of carbonyl (C=O) groups excluding carboxylic acids is 2. The summed E-state index contributed by atoms with van der Waals surface area (Å²) in [4.78, 5) is 31.6. The number of fused-ring (bicyclic) bond motifs is 1. The Balaban J connectivity index is 2.01. The van der Waals surface area contributed by atoms with E-state index < -0.39 is 6.17 Å². The number of anilines is 1. The molecule has 3 rings (SSSR count). The van der Waals surface area contributed by atoms with E-state index in [1.54, 1.807) is 17.2 Å². The summed E-state index contributed by atoms with van der Waals surface area (Å²) in [7, 11) is 0. The first-order valence-electron chi connectivity index (χ1n) is 9.38. The number of benzene rings is 1. The lowest BCUT2D eigenvalue weighted by Gasteiger charge is -2.37. The van der Waals surface area contributed by atoms with Crippen LogP contribution in [0.2, 0.25) is 0 Å². The zero-order valence-electron chi connectivity index (χ0n) is 16.5. The Morgan fingerprint density at radius 1 is 1.29 bits per heavy atom. The molecule has 1 unspecified atom stereocenters. The molecule has 1 aromatic carbocycles. The third-order valence-corrected chi connectivity index (χ3v) is 5.02. The number of nitrogens with zero attached hydrogens (tertiary/aromatic N) is 2. The number of hydrogen-bond donors (Lipinski definition) is 2. The lowest BCUT2D eigenvalue weighted by molar-refractivity contribution is -0.122. The Kier molecular flexibility index (Phi) is 6.03. The van der Waals surface area contributed by atoms with Crippen molar-refractivity contribution in [3.8, 4) is 0 Å². The van der Waals surface area contributed by atoms with E-state index in [4.69, 9.17) is 0 Å².